The maximum atomic E-state index is 9.10. The molecule has 1 aromatic carbocycles. The number of aromatic nitrogens is 2. The van der Waals surface area contributed by atoms with Crippen molar-refractivity contribution in [1.29, 1.82) is 0 Å². The van der Waals surface area contributed by atoms with Gasteiger partial charge in [0.1, 0.15) is 29.7 Å². The monoisotopic (exact) mass is 219 g/mol. The first-order valence-corrected chi connectivity index (χ1v) is 4.84. The van der Waals surface area contributed by atoms with Gasteiger partial charge in [-0.05, 0) is 24.3 Å². The summed E-state index contributed by atoms with van der Waals surface area (Å²) in [7, 11) is 1.86. The first kappa shape index (κ1) is 10.4. The Bertz CT molecular complexity index is 476. The van der Waals surface area contributed by atoms with Crippen LogP contribution in [0.2, 0.25) is 0 Å². The number of hydrogen-bond acceptors (Lipinski definition) is 4. The first-order chi connectivity index (χ1) is 7.65. The van der Waals surface area contributed by atoms with E-state index in [2.05, 4.69) is 4.98 Å². The van der Waals surface area contributed by atoms with Crippen molar-refractivity contribution in [1.82, 2.24) is 9.55 Å². The Kier molecular flexibility index (Phi) is 2.68. The Labute approximate surface area is 93.1 Å². The molecule has 5 heteroatoms. The minimum absolute atomic E-state index is 0.216. The predicted octanol–water partition coefficient (Wildman–Crippen LogP) is 1.29. The minimum Gasteiger partial charge on any atom is -0.508 e. The molecule has 5 nitrogen and oxygen atoms in total. The smallest absolute Gasteiger partial charge is 0.149 e. The number of anilines is 1. The molecule has 1 heterocycles. The van der Waals surface area contributed by atoms with E-state index in [0.717, 1.165) is 5.82 Å². The van der Waals surface area contributed by atoms with Gasteiger partial charge >= 0.3 is 0 Å². The van der Waals surface area contributed by atoms with Crippen LogP contribution in [-0.4, -0.2) is 14.7 Å². The molecular formula is C11H13N3O2. The Morgan fingerprint density at radius 1 is 1.38 bits per heavy atom. The molecule has 16 heavy (non-hydrogen) atoms. The van der Waals surface area contributed by atoms with Gasteiger partial charge in [-0.15, -0.1) is 0 Å². The van der Waals surface area contributed by atoms with E-state index in [0.29, 0.717) is 18.2 Å². The van der Waals surface area contributed by atoms with Crippen LogP contribution in [0, 0.1) is 0 Å². The lowest BCUT2D eigenvalue weighted by atomic mass is 10.3. The average Bonchev–Trinajstić information content (AvgIpc) is 2.57. The van der Waals surface area contributed by atoms with Gasteiger partial charge in [0.25, 0.3) is 0 Å². The van der Waals surface area contributed by atoms with Gasteiger partial charge < -0.3 is 20.1 Å². The summed E-state index contributed by atoms with van der Waals surface area (Å²) < 4.78 is 7.31. The van der Waals surface area contributed by atoms with Crippen LogP contribution in [0.15, 0.2) is 30.5 Å². The summed E-state index contributed by atoms with van der Waals surface area (Å²) in [6.45, 7) is 0.346. The second kappa shape index (κ2) is 4.14. The van der Waals surface area contributed by atoms with E-state index in [-0.39, 0.29) is 5.75 Å². The van der Waals surface area contributed by atoms with Crippen LogP contribution in [0.5, 0.6) is 11.5 Å². The molecule has 0 fully saturated rings. The zero-order valence-electron chi connectivity index (χ0n) is 8.92. The van der Waals surface area contributed by atoms with Crippen LogP contribution in [0.25, 0.3) is 0 Å². The molecule has 0 amide bonds. The number of benzene rings is 1. The molecule has 0 radical (unpaired) electrons. The predicted molar refractivity (Wildman–Crippen MR) is 60.1 cm³/mol. The molecule has 2 aromatic rings. The number of hydrogen-bond donors (Lipinski definition) is 2. The second-order valence-electron chi connectivity index (χ2n) is 3.48. The number of ether oxygens (including phenoxy) is 1. The number of aromatic hydroxyl groups is 1. The van der Waals surface area contributed by atoms with Crippen molar-refractivity contribution >= 4 is 5.82 Å². The third-order valence-electron chi connectivity index (χ3n) is 2.20. The Hall–Kier alpha value is -2.17. The van der Waals surface area contributed by atoms with Crippen molar-refractivity contribution in [2.24, 2.45) is 7.05 Å². The molecule has 0 saturated heterocycles. The van der Waals surface area contributed by atoms with Crippen molar-refractivity contribution in [3.05, 3.63) is 36.3 Å². The van der Waals surface area contributed by atoms with E-state index in [4.69, 9.17) is 15.6 Å². The molecule has 0 aliphatic rings. The summed E-state index contributed by atoms with van der Waals surface area (Å²) >= 11 is 0. The molecule has 0 unspecified atom stereocenters. The van der Waals surface area contributed by atoms with Gasteiger partial charge in [0, 0.05) is 13.2 Å². The molecule has 0 aliphatic carbocycles. The molecule has 1 aromatic heterocycles. The van der Waals surface area contributed by atoms with Crippen molar-refractivity contribution in [3.8, 4) is 11.5 Å². The van der Waals surface area contributed by atoms with Gasteiger partial charge in [-0.1, -0.05) is 0 Å². The zero-order valence-corrected chi connectivity index (χ0v) is 8.92. The van der Waals surface area contributed by atoms with E-state index in [1.807, 2.05) is 11.6 Å². The number of imidazole rings is 1. The molecule has 0 bridgehead atoms. The van der Waals surface area contributed by atoms with E-state index in [1.165, 1.54) is 0 Å². The zero-order chi connectivity index (χ0) is 11.5. The number of nitrogen functional groups attached to an aromatic ring is 1. The SMILES string of the molecule is Cn1cc(N)nc1COc1ccc(O)cc1. The minimum atomic E-state index is 0.216. The van der Waals surface area contributed by atoms with E-state index in [1.54, 1.807) is 30.5 Å². The van der Waals surface area contributed by atoms with E-state index in [9.17, 15) is 0 Å². The fraction of sp³-hybridized carbons (Fsp3) is 0.182. The van der Waals surface area contributed by atoms with Crippen LogP contribution in [-0.2, 0) is 13.7 Å². The van der Waals surface area contributed by atoms with Gasteiger partial charge in [-0.2, -0.15) is 0 Å². The summed E-state index contributed by atoms with van der Waals surface area (Å²) in [6, 6.07) is 6.54. The topological polar surface area (TPSA) is 73.3 Å². The molecule has 84 valence electrons. The van der Waals surface area contributed by atoms with Gasteiger partial charge in [-0.3, -0.25) is 0 Å². The fourth-order valence-electron chi connectivity index (χ4n) is 1.35. The quantitative estimate of drug-likeness (QED) is 0.815. The Balaban J connectivity index is 2.02. The lowest BCUT2D eigenvalue weighted by Crippen LogP contribution is -2.02. The number of aryl methyl sites for hydroxylation is 1. The number of nitrogens with two attached hydrogens (primary N) is 1. The Morgan fingerprint density at radius 3 is 2.62 bits per heavy atom. The normalized spacial score (nSPS) is 10.3. The molecule has 0 spiro atoms. The summed E-state index contributed by atoms with van der Waals surface area (Å²) in [5.41, 5.74) is 5.55. The second-order valence-corrected chi connectivity index (χ2v) is 3.48. The van der Waals surface area contributed by atoms with Crippen molar-refractivity contribution in [2.45, 2.75) is 6.61 Å². The molecule has 0 atom stereocenters. The molecule has 0 aliphatic heterocycles. The molecule has 3 N–H and O–H groups in total. The van der Waals surface area contributed by atoms with Crippen LogP contribution in [0.3, 0.4) is 0 Å². The highest BCUT2D eigenvalue weighted by molar-refractivity contribution is 5.30. The maximum Gasteiger partial charge on any atom is 0.149 e. The van der Waals surface area contributed by atoms with Crippen molar-refractivity contribution in [3.63, 3.8) is 0 Å². The van der Waals surface area contributed by atoms with Crippen LogP contribution in [0.4, 0.5) is 5.82 Å². The van der Waals surface area contributed by atoms with Gasteiger partial charge in [0.15, 0.2) is 0 Å². The van der Waals surface area contributed by atoms with Gasteiger partial charge in [-0.25, -0.2) is 4.98 Å². The molecule has 0 saturated carbocycles. The maximum absolute atomic E-state index is 9.10. The van der Waals surface area contributed by atoms with Crippen LogP contribution >= 0.6 is 0 Å². The largest absolute Gasteiger partial charge is 0.508 e. The highest BCUT2D eigenvalue weighted by Gasteiger charge is 2.03. The highest BCUT2D eigenvalue weighted by Crippen LogP contribution is 2.17. The summed E-state index contributed by atoms with van der Waals surface area (Å²) in [6.07, 6.45) is 1.73. The fourth-order valence-corrected chi connectivity index (χ4v) is 1.35. The number of phenols is 1. The summed E-state index contributed by atoms with van der Waals surface area (Å²) in [5.74, 6) is 2.13. The van der Waals surface area contributed by atoms with Crippen molar-refractivity contribution < 1.29 is 9.84 Å². The van der Waals surface area contributed by atoms with E-state index < -0.39 is 0 Å². The number of rotatable bonds is 3. The Morgan fingerprint density at radius 2 is 2.06 bits per heavy atom. The average molecular weight is 219 g/mol. The van der Waals surface area contributed by atoms with E-state index >= 15 is 0 Å². The standard InChI is InChI=1S/C11H13N3O2/c1-14-6-10(12)13-11(14)7-16-9-4-2-8(15)3-5-9/h2-6,15H,7,12H2,1H3. The number of phenolic OH excluding ortho intramolecular Hbond substituents is 1. The number of nitrogens with zero attached hydrogens (tertiary/aromatic N) is 2. The van der Waals surface area contributed by atoms with Crippen LogP contribution in [0.1, 0.15) is 5.82 Å². The molecule has 2 rings (SSSR count). The highest BCUT2D eigenvalue weighted by atomic mass is 16.5. The molecular weight excluding hydrogens is 206 g/mol. The first-order valence-electron chi connectivity index (χ1n) is 4.84. The van der Waals surface area contributed by atoms with Gasteiger partial charge in [0.05, 0.1) is 0 Å². The lowest BCUT2D eigenvalue weighted by molar-refractivity contribution is 0.291. The van der Waals surface area contributed by atoms with Gasteiger partial charge in [0.2, 0.25) is 0 Å². The third kappa shape index (κ3) is 2.25. The lowest BCUT2D eigenvalue weighted by Gasteiger charge is -2.05. The van der Waals surface area contributed by atoms with Crippen LogP contribution < -0.4 is 10.5 Å². The third-order valence-corrected chi connectivity index (χ3v) is 2.20. The van der Waals surface area contributed by atoms with Crippen molar-refractivity contribution in [2.75, 3.05) is 5.73 Å². The summed E-state index contributed by atoms with van der Waals surface area (Å²) in [4.78, 5) is 4.11. The summed E-state index contributed by atoms with van der Waals surface area (Å²) in [5, 5.41) is 9.10.